The number of benzene rings is 1. The van der Waals surface area contributed by atoms with Crippen LogP contribution in [0.2, 0.25) is 0 Å². The van der Waals surface area contributed by atoms with Gasteiger partial charge in [0.05, 0.1) is 12.6 Å². The molecule has 1 atom stereocenters. The second kappa shape index (κ2) is 5.85. The first-order valence-corrected chi connectivity index (χ1v) is 7.67. The molecule has 1 unspecified atom stereocenters. The van der Waals surface area contributed by atoms with Crippen LogP contribution in [0.5, 0.6) is 5.75 Å². The molecule has 1 heterocycles. The molecule has 1 aliphatic carbocycles. The lowest BCUT2D eigenvalue weighted by atomic mass is 9.85. The average Bonchev–Trinajstić information content (AvgIpc) is 2.47. The van der Waals surface area contributed by atoms with Crippen LogP contribution >= 0.6 is 12.2 Å². The van der Waals surface area contributed by atoms with Crippen LogP contribution < -0.4 is 15.4 Å². The highest BCUT2D eigenvalue weighted by molar-refractivity contribution is 7.80. The van der Waals surface area contributed by atoms with Crippen molar-refractivity contribution in [3.8, 4) is 5.75 Å². The first-order valence-electron chi connectivity index (χ1n) is 7.26. The number of para-hydroxylation sites is 1. The van der Waals surface area contributed by atoms with Gasteiger partial charge in [-0.25, -0.2) is 0 Å². The van der Waals surface area contributed by atoms with Gasteiger partial charge in [-0.05, 0) is 38.0 Å². The Morgan fingerprint density at radius 1 is 1.33 bits per heavy atom. The van der Waals surface area contributed by atoms with E-state index in [0.29, 0.717) is 18.1 Å². The van der Waals surface area contributed by atoms with Crippen molar-refractivity contribution in [3.63, 3.8) is 0 Å². The number of Topliss-reactive ketones (excluding diaryl/α,β-unsaturated/α-hetero) is 1. The van der Waals surface area contributed by atoms with Crippen molar-refractivity contribution in [1.29, 1.82) is 0 Å². The Kier molecular flexibility index (Phi) is 3.92. The van der Waals surface area contributed by atoms with Crippen molar-refractivity contribution in [3.05, 3.63) is 41.1 Å². The van der Waals surface area contributed by atoms with E-state index in [9.17, 15) is 4.79 Å². The Bertz CT molecular complexity index is 624. The Balaban J connectivity index is 2.07. The second-order valence-corrected chi connectivity index (χ2v) is 5.58. The van der Waals surface area contributed by atoms with E-state index in [4.69, 9.17) is 17.0 Å². The number of rotatable bonds is 3. The zero-order valence-corrected chi connectivity index (χ0v) is 12.8. The highest BCUT2D eigenvalue weighted by Gasteiger charge is 2.34. The molecule has 0 radical (unpaired) electrons. The van der Waals surface area contributed by atoms with Crippen LogP contribution in [0.25, 0.3) is 0 Å². The number of carbonyl (C=O) groups excluding carboxylic acids is 1. The van der Waals surface area contributed by atoms with Gasteiger partial charge in [0.2, 0.25) is 0 Å². The van der Waals surface area contributed by atoms with Gasteiger partial charge in [0.15, 0.2) is 10.9 Å². The lowest BCUT2D eigenvalue weighted by Crippen LogP contribution is -2.46. The minimum Gasteiger partial charge on any atom is -0.494 e. The standard InChI is InChI=1S/C16H18N2O2S/c1-2-20-13-9-4-3-6-10(13)15-14-11(17-16(21)18-15)7-5-8-12(14)19/h3-4,6,9,15H,2,5,7-8H2,1H3,(H2,17,18,21). The molecule has 2 N–H and O–H groups in total. The number of hydrogen-bond donors (Lipinski definition) is 2. The van der Waals surface area contributed by atoms with Crippen LogP contribution in [0.1, 0.15) is 37.8 Å². The van der Waals surface area contributed by atoms with Gasteiger partial charge in [-0.15, -0.1) is 0 Å². The third-order valence-electron chi connectivity index (χ3n) is 3.81. The molecule has 4 nitrogen and oxygen atoms in total. The normalized spacial score (nSPS) is 21.5. The molecule has 1 aliphatic heterocycles. The highest BCUT2D eigenvalue weighted by atomic mass is 32.1. The first-order chi connectivity index (χ1) is 10.2. The summed E-state index contributed by atoms with van der Waals surface area (Å²) < 4.78 is 5.70. The summed E-state index contributed by atoms with van der Waals surface area (Å²) in [5.74, 6) is 0.988. The lowest BCUT2D eigenvalue weighted by Gasteiger charge is -2.34. The maximum Gasteiger partial charge on any atom is 0.171 e. The molecule has 110 valence electrons. The summed E-state index contributed by atoms with van der Waals surface area (Å²) in [4.78, 5) is 12.4. The molecule has 1 aromatic rings. The van der Waals surface area contributed by atoms with Gasteiger partial charge in [-0.2, -0.15) is 0 Å². The zero-order chi connectivity index (χ0) is 14.8. The molecule has 1 aromatic carbocycles. The first kappa shape index (κ1) is 14.1. The van der Waals surface area contributed by atoms with Crippen LogP contribution in [0.3, 0.4) is 0 Å². The minimum atomic E-state index is -0.218. The summed E-state index contributed by atoms with van der Waals surface area (Å²) in [6.07, 6.45) is 2.35. The van der Waals surface area contributed by atoms with E-state index >= 15 is 0 Å². The predicted octanol–water partition coefficient (Wildman–Crippen LogP) is 2.61. The topological polar surface area (TPSA) is 50.4 Å². The number of ketones is 1. The third-order valence-corrected chi connectivity index (χ3v) is 4.03. The van der Waals surface area contributed by atoms with Crippen molar-refractivity contribution >= 4 is 23.1 Å². The van der Waals surface area contributed by atoms with E-state index in [1.807, 2.05) is 31.2 Å². The number of thiocarbonyl (C=S) groups is 1. The van der Waals surface area contributed by atoms with Crippen molar-refractivity contribution in [2.45, 2.75) is 32.2 Å². The van der Waals surface area contributed by atoms with Gasteiger partial charge in [-0.3, -0.25) is 4.79 Å². The fourth-order valence-corrected chi connectivity index (χ4v) is 3.19. The molecule has 2 aliphatic rings. The molecule has 3 rings (SSSR count). The molecule has 21 heavy (non-hydrogen) atoms. The van der Waals surface area contributed by atoms with Gasteiger partial charge in [0, 0.05) is 23.3 Å². The predicted molar refractivity (Wildman–Crippen MR) is 85.1 cm³/mol. The zero-order valence-electron chi connectivity index (χ0n) is 11.9. The molecule has 0 bridgehead atoms. The van der Waals surface area contributed by atoms with Crippen molar-refractivity contribution in [2.75, 3.05) is 6.61 Å². The maximum absolute atomic E-state index is 12.4. The molecule has 0 spiro atoms. The average molecular weight is 302 g/mol. The van der Waals surface area contributed by atoms with E-state index in [0.717, 1.165) is 35.4 Å². The number of nitrogens with one attached hydrogen (secondary N) is 2. The molecular formula is C16H18N2O2S. The van der Waals surface area contributed by atoms with Gasteiger partial charge in [-0.1, -0.05) is 18.2 Å². The SMILES string of the molecule is CCOc1ccccc1C1NC(=S)NC2=C1C(=O)CCC2. The van der Waals surface area contributed by atoms with E-state index in [1.54, 1.807) is 0 Å². The fourth-order valence-electron chi connectivity index (χ4n) is 2.94. The van der Waals surface area contributed by atoms with Crippen LogP contribution in [0, 0.1) is 0 Å². The van der Waals surface area contributed by atoms with Crippen LogP contribution in [-0.4, -0.2) is 17.5 Å². The Labute approximate surface area is 129 Å². The number of carbonyl (C=O) groups is 1. The summed E-state index contributed by atoms with van der Waals surface area (Å²) in [5, 5.41) is 6.93. The van der Waals surface area contributed by atoms with Gasteiger partial charge in [0.25, 0.3) is 0 Å². The maximum atomic E-state index is 12.4. The quantitative estimate of drug-likeness (QED) is 0.841. The summed E-state index contributed by atoms with van der Waals surface area (Å²) in [5.41, 5.74) is 2.74. The monoisotopic (exact) mass is 302 g/mol. The van der Waals surface area contributed by atoms with E-state index in [1.165, 1.54) is 0 Å². The summed E-state index contributed by atoms with van der Waals surface area (Å²) >= 11 is 5.29. The number of ether oxygens (including phenoxy) is 1. The molecule has 0 saturated heterocycles. The van der Waals surface area contributed by atoms with Crippen molar-refractivity contribution in [1.82, 2.24) is 10.6 Å². The number of allylic oxidation sites excluding steroid dienone is 1. The fraction of sp³-hybridized carbons (Fsp3) is 0.375. The van der Waals surface area contributed by atoms with E-state index in [2.05, 4.69) is 10.6 Å². The van der Waals surface area contributed by atoms with Gasteiger partial charge >= 0.3 is 0 Å². The second-order valence-electron chi connectivity index (χ2n) is 5.17. The number of hydrogen-bond acceptors (Lipinski definition) is 3. The smallest absolute Gasteiger partial charge is 0.171 e. The Hall–Kier alpha value is -1.88. The van der Waals surface area contributed by atoms with Crippen LogP contribution in [-0.2, 0) is 4.79 Å². The Morgan fingerprint density at radius 2 is 2.14 bits per heavy atom. The molecule has 0 aromatic heterocycles. The van der Waals surface area contributed by atoms with Crippen molar-refractivity contribution < 1.29 is 9.53 Å². The minimum absolute atomic E-state index is 0.190. The van der Waals surface area contributed by atoms with E-state index < -0.39 is 0 Å². The van der Waals surface area contributed by atoms with Crippen LogP contribution in [0.15, 0.2) is 35.5 Å². The summed E-state index contributed by atoms with van der Waals surface area (Å²) in [6.45, 7) is 2.54. The molecule has 0 saturated carbocycles. The lowest BCUT2D eigenvalue weighted by molar-refractivity contribution is -0.116. The van der Waals surface area contributed by atoms with Crippen LogP contribution in [0.4, 0.5) is 0 Å². The molecule has 0 amide bonds. The molecule has 0 fully saturated rings. The van der Waals surface area contributed by atoms with Gasteiger partial charge < -0.3 is 15.4 Å². The summed E-state index contributed by atoms with van der Waals surface area (Å²) in [6, 6.07) is 7.59. The van der Waals surface area contributed by atoms with Gasteiger partial charge in [0.1, 0.15) is 5.75 Å². The van der Waals surface area contributed by atoms with Crippen molar-refractivity contribution in [2.24, 2.45) is 0 Å². The largest absolute Gasteiger partial charge is 0.494 e. The van der Waals surface area contributed by atoms with E-state index in [-0.39, 0.29) is 11.8 Å². The molecular weight excluding hydrogens is 284 g/mol. The third kappa shape index (κ3) is 2.65. The summed E-state index contributed by atoms with van der Waals surface area (Å²) in [7, 11) is 0. The Morgan fingerprint density at radius 3 is 2.95 bits per heavy atom. The highest BCUT2D eigenvalue weighted by Crippen LogP contribution is 2.37. The molecule has 5 heteroatoms.